The Kier molecular flexibility index (Phi) is 5.44. The molecule has 0 heterocycles. The van der Waals surface area contributed by atoms with Gasteiger partial charge in [0.15, 0.2) is 0 Å². The van der Waals surface area contributed by atoms with Crippen molar-refractivity contribution in [3.05, 3.63) is 69.7 Å². The Labute approximate surface area is 152 Å². The number of carbonyl (C=O) groups excluding carboxylic acids is 1. The highest BCUT2D eigenvalue weighted by Crippen LogP contribution is 2.29. The third-order valence-electron chi connectivity index (χ3n) is 4.18. The van der Waals surface area contributed by atoms with Gasteiger partial charge in [-0.3, -0.25) is 9.69 Å². The minimum Gasteiger partial charge on any atom is -0.352 e. The van der Waals surface area contributed by atoms with Gasteiger partial charge in [0.05, 0.1) is 10.0 Å². The first-order valence-corrected chi connectivity index (χ1v) is 8.80. The van der Waals surface area contributed by atoms with Crippen molar-refractivity contribution in [2.24, 2.45) is 0 Å². The quantitative estimate of drug-likeness (QED) is 0.823. The minimum absolute atomic E-state index is 0.0318. The Hall–Kier alpha value is -1.55. The maximum Gasteiger partial charge on any atom is 0.242 e. The summed E-state index contributed by atoms with van der Waals surface area (Å²) in [6.07, 6.45) is 2.13. The molecule has 2 aromatic carbocycles. The lowest BCUT2D eigenvalue weighted by Gasteiger charge is -2.28. The zero-order chi connectivity index (χ0) is 17.1. The van der Waals surface area contributed by atoms with Gasteiger partial charge in [0.1, 0.15) is 6.04 Å². The van der Waals surface area contributed by atoms with Crippen LogP contribution in [0.25, 0.3) is 0 Å². The Morgan fingerprint density at radius 1 is 1.17 bits per heavy atom. The third-order valence-corrected chi connectivity index (χ3v) is 5.04. The van der Waals surface area contributed by atoms with Crippen LogP contribution < -0.4 is 5.32 Å². The molecule has 0 bridgehead atoms. The molecule has 1 N–H and O–H groups in total. The van der Waals surface area contributed by atoms with Gasteiger partial charge in [-0.25, -0.2) is 0 Å². The zero-order valence-electron chi connectivity index (χ0n) is 13.5. The van der Waals surface area contributed by atoms with Gasteiger partial charge < -0.3 is 5.32 Å². The van der Waals surface area contributed by atoms with Crippen LogP contribution in [0.5, 0.6) is 0 Å². The minimum atomic E-state index is -0.359. The van der Waals surface area contributed by atoms with E-state index < -0.39 is 0 Å². The van der Waals surface area contributed by atoms with E-state index in [0.29, 0.717) is 22.6 Å². The number of amides is 1. The first-order chi connectivity index (χ1) is 11.6. The molecule has 1 aliphatic carbocycles. The fourth-order valence-electron chi connectivity index (χ4n) is 2.78. The monoisotopic (exact) mass is 362 g/mol. The molecule has 1 saturated carbocycles. The van der Waals surface area contributed by atoms with Crippen molar-refractivity contribution in [3.8, 4) is 0 Å². The predicted octanol–water partition coefficient (Wildman–Crippen LogP) is 4.45. The van der Waals surface area contributed by atoms with Gasteiger partial charge in [0, 0.05) is 12.6 Å². The zero-order valence-corrected chi connectivity index (χ0v) is 15.0. The van der Waals surface area contributed by atoms with E-state index in [9.17, 15) is 4.79 Å². The predicted molar refractivity (Wildman–Crippen MR) is 98.3 cm³/mol. The Morgan fingerprint density at radius 3 is 2.54 bits per heavy atom. The van der Waals surface area contributed by atoms with E-state index in [1.807, 2.05) is 54.4 Å². The molecule has 1 amide bonds. The Balaban J connectivity index is 1.83. The van der Waals surface area contributed by atoms with Crippen LogP contribution in [-0.2, 0) is 11.3 Å². The summed E-state index contributed by atoms with van der Waals surface area (Å²) in [6.45, 7) is 0.539. The van der Waals surface area contributed by atoms with Gasteiger partial charge in [-0.2, -0.15) is 0 Å². The van der Waals surface area contributed by atoms with E-state index in [2.05, 4.69) is 5.32 Å². The highest BCUT2D eigenvalue weighted by atomic mass is 35.5. The Morgan fingerprint density at radius 2 is 1.88 bits per heavy atom. The number of carbonyl (C=O) groups is 1. The number of nitrogens with zero attached hydrogens (tertiary/aromatic N) is 1. The molecule has 1 atom stereocenters. The molecular formula is C19H20Cl2N2O. The number of benzene rings is 2. The molecule has 126 valence electrons. The van der Waals surface area contributed by atoms with E-state index >= 15 is 0 Å². The lowest BCUT2D eigenvalue weighted by atomic mass is 10.0. The molecule has 1 fully saturated rings. The van der Waals surface area contributed by atoms with Crippen molar-refractivity contribution >= 4 is 29.1 Å². The van der Waals surface area contributed by atoms with Crippen molar-refractivity contribution in [3.63, 3.8) is 0 Å². The highest BCUT2D eigenvalue weighted by molar-refractivity contribution is 6.42. The second-order valence-electron chi connectivity index (χ2n) is 6.22. The van der Waals surface area contributed by atoms with Crippen LogP contribution in [0.3, 0.4) is 0 Å². The molecule has 0 aromatic heterocycles. The molecule has 24 heavy (non-hydrogen) atoms. The molecule has 1 unspecified atom stereocenters. The summed E-state index contributed by atoms with van der Waals surface area (Å²) < 4.78 is 0. The summed E-state index contributed by atoms with van der Waals surface area (Å²) in [5.41, 5.74) is 1.88. The van der Waals surface area contributed by atoms with Gasteiger partial charge in [0.25, 0.3) is 0 Å². The molecule has 3 nitrogen and oxygen atoms in total. The summed E-state index contributed by atoms with van der Waals surface area (Å²) in [4.78, 5) is 14.8. The lowest BCUT2D eigenvalue weighted by molar-refractivity contribution is -0.126. The molecule has 0 radical (unpaired) electrons. The van der Waals surface area contributed by atoms with Gasteiger partial charge in [0.2, 0.25) is 5.91 Å². The van der Waals surface area contributed by atoms with Crippen molar-refractivity contribution in [1.82, 2.24) is 10.2 Å². The number of hydrogen-bond donors (Lipinski definition) is 1. The summed E-state index contributed by atoms with van der Waals surface area (Å²) in [5, 5.41) is 4.18. The second-order valence-corrected chi connectivity index (χ2v) is 7.01. The molecule has 2 aromatic rings. The normalized spacial score (nSPS) is 15.3. The van der Waals surface area contributed by atoms with E-state index in [1.165, 1.54) is 0 Å². The number of halogens is 2. The molecule has 5 heteroatoms. The third kappa shape index (κ3) is 4.10. The SMILES string of the molecule is CN(Cc1cccc(Cl)c1Cl)C(C(=O)NC1CC1)c1ccccc1. The average Bonchev–Trinajstić information content (AvgIpc) is 3.37. The number of rotatable bonds is 6. The molecule has 0 spiro atoms. The number of nitrogens with one attached hydrogen (secondary N) is 1. The smallest absolute Gasteiger partial charge is 0.242 e. The van der Waals surface area contributed by atoms with E-state index in [-0.39, 0.29) is 11.9 Å². The Bertz CT molecular complexity index is 717. The summed E-state index contributed by atoms with van der Waals surface area (Å²) in [5.74, 6) is 0.0318. The first-order valence-electron chi connectivity index (χ1n) is 8.04. The first kappa shape index (κ1) is 17.3. The van der Waals surface area contributed by atoms with Crippen molar-refractivity contribution in [2.45, 2.75) is 31.5 Å². The van der Waals surface area contributed by atoms with Gasteiger partial charge in [-0.05, 0) is 37.1 Å². The number of likely N-dealkylation sites (N-methyl/N-ethyl adjacent to an activating group) is 1. The van der Waals surface area contributed by atoms with Gasteiger partial charge >= 0.3 is 0 Å². The molecule has 0 saturated heterocycles. The average molecular weight is 363 g/mol. The van der Waals surface area contributed by atoms with Crippen LogP contribution in [0.1, 0.15) is 30.0 Å². The maximum atomic E-state index is 12.8. The van der Waals surface area contributed by atoms with Crippen molar-refractivity contribution < 1.29 is 4.79 Å². The fraction of sp³-hybridized carbons (Fsp3) is 0.316. The second kappa shape index (κ2) is 7.56. The van der Waals surface area contributed by atoms with E-state index in [0.717, 1.165) is 24.0 Å². The van der Waals surface area contributed by atoms with Crippen LogP contribution in [0, 0.1) is 0 Å². The fourth-order valence-corrected chi connectivity index (χ4v) is 3.16. The van der Waals surface area contributed by atoms with E-state index in [4.69, 9.17) is 23.2 Å². The molecule has 0 aliphatic heterocycles. The highest BCUT2D eigenvalue weighted by Gasteiger charge is 2.30. The van der Waals surface area contributed by atoms with Crippen LogP contribution in [0.4, 0.5) is 0 Å². The van der Waals surface area contributed by atoms with Crippen molar-refractivity contribution in [2.75, 3.05) is 7.05 Å². The van der Waals surface area contributed by atoms with Crippen LogP contribution >= 0.6 is 23.2 Å². The summed E-state index contributed by atoms with van der Waals surface area (Å²) in [6, 6.07) is 15.4. The van der Waals surface area contributed by atoms with Crippen LogP contribution in [0.15, 0.2) is 48.5 Å². The van der Waals surface area contributed by atoms with Gasteiger partial charge in [-0.15, -0.1) is 0 Å². The molecular weight excluding hydrogens is 343 g/mol. The van der Waals surface area contributed by atoms with E-state index in [1.54, 1.807) is 6.07 Å². The van der Waals surface area contributed by atoms with Crippen molar-refractivity contribution in [1.29, 1.82) is 0 Å². The van der Waals surface area contributed by atoms with Crippen LogP contribution in [0.2, 0.25) is 10.0 Å². The van der Waals surface area contributed by atoms with Crippen LogP contribution in [-0.4, -0.2) is 23.9 Å². The van der Waals surface area contributed by atoms with Gasteiger partial charge in [-0.1, -0.05) is 65.7 Å². The topological polar surface area (TPSA) is 32.3 Å². The molecule has 1 aliphatic rings. The standard InChI is InChI=1S/C19H20Cl2N2O/c1-23(12-14-8-5-9-16(20)17(14)21)18(13-6-3-2-4-7-13)19(24)22-15-10-11-15/h2-9,15,18H,10-12H2,1H3,(H,22,24). The summed E-state index contributed by atoms with van der Waals surface area (Å²) in [7, 11) is 1.93. The number of hydrogen-bond acceptors (Lipinski definition) is 2. The maximum absolute atomic E-state index is 12.8. The molecule has 3 rings (SSSR count). The summed E-state index contributed by atoms with van der Waals surface area (Å²) >= 11 is 12.4. The lowest BCUT2D eigenvalue weighted by Crippen LogP contribution is -2.39. The largest absolute Gasteiger partial charge is 0.352 e.